The predicted molar refractivity (Wildman–Crippen MR) is 241 cm³/mol. The Morgan fingerprint density at radius 1 is 0.683 bits per heavy atom. The molecule has 0 radical (unpaired) electrons. The van der Waals surface area contributed by atoms with Gasteiger partial charge in [-0.25, -0.2) is 28.4 Å². The topological polar surface area (TPSA) is 224 Å². The van der Waals surface area contributed by atoms with Gasteiger partial charge in [0.15, 0.2) is 0 Å². The van der Waals surface area contributed by atoms with Gasteiger partial charge in [-0.2, -0.15) is 10.2 Å². The Morgan fingerprint density at radius 3 is 1.57 bits per heavy atom. The first-order valence-electron chi connectivity index (χ1n) is 22.0. The molecule has 0 aromatic carbocycles. The van der Waals surface area contributed by atoms with E-state index in [4.69, 9.17) is 20.2 Å². The number of nitrogens with one attached hydrogen (secondary N) is 2. The van der Waals surface area contributed by atoms with E-state index in [1.54, 1.807) is 19.4 Å². The zero-order chi connectivity index (χ0) is 44.2. The van der Waals surface area contributed by atoms with Crippen molar-refractivity contribution in [2.45, 2.75) is 127 Å². The molecular weight excluding hydrogens is 823 g/mol. The number of carbonyl (C=O) groups is 2. The molecule has 4 fully saturated rings. The molecule has 0 bridgehead atoms. The SMILES string of the molecule is C.COCC(=O)NC1CCC(Cc2nccc(-c3cnn(C)c3CC3CC3)n2)CC1.COCC(=O)NC1CCC(N)CC1.Cn1ncc(-c2ccnc(S(C)(=O)=O)n2)c1CC1CC1. The minimum atomic E-state index is -3.40. The van der Waals surface area contributed by atoms with Crippen LogP contribution < -0.4 is 16.4 Å². The normalized spacial score (nSPS) is 20.9. The summed E-state index contributed by atoms with van der Waals surface area (Å²) in [4.78, 5) is 40.2. The van der Waals surface area contributed by atoms with Gasteiger partial charge < -0.3 is 25.8 Å². The number of sulfone groups is 1. The van der Waals surface area contributed by atoms with Crippen molar-refractivity contribution in [2.75, 3.05) is 33.7 Å². The first-order chi connectivity index (χ1) is 29.8. The molecule has 0 unspecified atom stereocenters. The largest absolute Gasteiger partial charge is 0.375 e. The molecule has 4 heterocycles. The summed E-state index contributed by atoms with van der Waals surface area (Å²) in [6.07, 6.45) is 24.5. The highest BCUT2D eigenvalue weighted by atomic mass is 32.2. The van der Waals surface area contributed by atoms with Gasteiger partial charge in [0.2, 0.25) is 26.8 Å². The van der Waals surface area contributed by atoms with Crippen molar-refractivity contribution in [3.63, 3.8) is 0 Å². The number of aryl methyl sites for hydroxylation is 2. The summed E-state index contributed by atoms with van der Waals surface area (Å²) < 4.78 is 36.6. The van der Waals surface area contributed by atoms with Crippen molar-refractivity contribution in [1.82, 2.24) is 50.1 Å². The molecule has 4 N–H and O–H groups in total. The second-order valence-electron chi connectivity index (χ2n) is 17.4. The number of nitrogens with two attached hydrogens (primary N) is 1. The monoisotopic (exact) mass is 892 g/mol. The summed E-state index contributed by atoms with van der Waals surface area (Å²) in [5.74, 6) is 2.97. The van der Waals surface area contributed by atoms with E-state index < -0.39 is 9.84 Å². The average molecular weight is 892 g/mol. The van der Waals surface area contributed by atoms with Gasteiger partial charge in [0.1, 0.15) is 19.0 Å². The van der Waals surface area contributed by atoms with E-state index in [-0.39, 0.29) is 43.7 Å². The maximum Gasteiger partial charge on any atom is 0.247 e. The lowest BCUT2D eigenvalue weighted by atomic mass is 9.84. The molecule has 0 aliphatic heterocycles. The van der Waals surface area contributed by atoms with Crippen molar-refractivity contribution in [2.24, 2.45) is 37.6 Å². The van der Waals surface area contributed by atoms with Crippen LogP contribution in [0.1, 0.15) is 102 Å². The molecular formula is C45H69N11O6S. The molecule has 4 saturated carbocycles. The lowest BCUT2D eigenvalue weighted by Crippen LogP contribution is -2.41. The van der Waals surface area contributed by atoms with Crippen LogP contribution in [0.25, 0.3) is 22.5 Å². The van der Waals surface area contributed by atoms with Crippen LogP contribution in [-0.2, 0) is 62.3 Å². The van der Waals surface area contributed by atoms with Crippen molar-refractivity contribution < 1.29 is 27.5 Å². The maximum atomic E-state index is 11.7. The summed E-state index contributed by atoms with van der Waals surface area (Å²) in [5, 5.41) is 14.6. The molecule has 4 aliphatic carbocycles. The molecule has 8 rings (SSSR count). The first kappa shape index (κ1) is 49.4. The second-order valence-corrected chi connectivity index (χ2v) is 19.4. The smallest absolute Gasteiger partial charge is 0.247 e. The van der Waals surface area contributed by atoms with Gasteiger partial charge in [0, 0.05) is 94.0 Å². The minimum Gasteiger partial charge on any atom is -0.375 e. The Labute approximate surface area is 373 Å². The van der Waals surface area contributed by atoms with Crippen LogP contribution in [0.15, 0.2) is 42.1 Å². The molecule has 0 saturated heterocycles. The summed E-state index contributed by atoms with van der Waals surface area (Å²) in [6, 6.07) is 4.63. The highest BCUT2D eigenvalue weighted by Crippen LogP contribution is 2.36. The summed E-state index contributed by atoms with van der Waals surface area (Å²) in [5.41, 5.74) is 11.8. The molecule has 4 aromatic rings. The van der Waals surface area contributed by atoms with Crippen LogP contribution >= 0.6 is 0 Å². The Bertz CT molecular complexity index is 2190. The van der Waals surface area contributed by atoms with Gasteiger partial charge in [-0.05, 0) is 120 Å². The zero-order valence-corrected chi connectivity index (χ0v) is 37.8. The number of ether oxygens (including phenoxy) is 2. The summed E-state index contributed by atoms with van der Waals surface area (Å²) in [6.45, 7) is 0.292. The third-order valence-corrected chi connectivity index (χ3v) is 12.9. The van der Waals surface area contributed by atoms with Gasteiger partial charge in [-0.15, -0.1) is 0 Å². The van der Waals surface area contributed by atoms with Gasteiger partial charge in [0.05, 0.1) is 23.8 Å². The van der Waals surface area contributed by atoms with E-state index in [0.29, 0.717) is 23.7 Å². The molecule has 0 spiro atoms. The molecule has 4 aromatic heterocycles. The van der Waals surface area contributed by atoms with Crippen LogP contribution in [0.5, 0.6) is 0 Å². The van der Waals surface area contributed by atoms with Crippen molar-refractivity contribution in [1.29, 1.82) is 0 Å². The zero-order valence-electron chi connectivity index (χ0n) is 37.0. The van der Waals surface area contributed by atoms with Crippen LogP contribution in [-0.4, -0.2) is 112 Å². The lowest BCUT2D eigenvalue weighted by Gasteiger charge is -2.28. The number of nitrogens with zero attached hydrogens (tertiary/aromatic N) is 8. The van der Waals surface area contributed by atoms with E-state index in [2.05, 4.69) is 35.8 Å². The minimum absolute atomic E-state index is 0. The molecule has 0 atom stereocenters. The quantitative estimate of drug-likeness (QED) is 0.139. The highest BCUT2D eigenvalue weighted by Gasteiger charge is 2.28. The van der Waals surface area contributed by atoms with Crippen LogP contribution in [0.4, 0.5) is 0 Å². The first-order valence-corrected chi connectivity index (χ1v) is 23.9. The summed E-state index contributed by atoms with van der Waals surface area (Å²) >= 11 is 0. The average Bonchev–Trinajstić information content (AvgIpc) is 4.18. The van der Waals surface area contributed by atoms with Crippen molar-refractivity contribution >= 4 is 21.7 Å². The molecule has 4 aliphatic rings. The lowest BCUT2D eigenvalue weighted by molar-refractivity contribution is -0.126. The van der Waals surface area contributed by atoms with Gasteiger partial charge in [-0.3, -0.25) is 19.0 Å². The number of methoxy groups -OCH3 is 2. The number of hydrogen-bond acceptors (Lipinski definition) is 13. The van der Waals surface area contributed by atoms with E-state index in [1.165, 1.54) is 44.7 Å². The van der Waals surface area contributed by atoms with Crippen molar-refractivity contribution in [3.8, 4) is 22.5 Å². The van der Waals surface area contributed by atoms with E-state index >= 15 is 0 Å². The Morgan fingerprint density at radius 2 is 1.11 bits per heavy atom. The number of rotatable bonds is 15. The van der Waals surface area contributed by atoms with Crippen molar-refractivity contribution in [3.05, 3.63) is 54.1 Å². The van der Waals surface area contributed by atoms with Gasteiger partial charge in [0.25, 0.3) is 0 Å². The van der Waals surface area contributed by atoms with E-state index in [9.17, 15) is 18.0 Å². The van der Waals surface area contributed by atoms with Crippen LogP contribution in [0.3, 0.4) is 0 Å². The Balaban J connectivity index is 0.000000191. The number of hydrogen-bond donors (Lipinski definition) is 3. The molecule has 2 amide bonds. The fraction of sp³-hybridized carbons (Fsp3) is 0.644. The van der Waals surface area contributed by atoms with E-state index in [1.807, 2.05) is 41.9 Å². The molecule has 63 heavy (non-hydrogen) atoms. The van der Waals surface area contributed by atoms with Crippen LogP contribution in [0.2, 0.25) is 0 Å². The molecule has 17 nitrogen and oxygen atoms in total. The number of amides is 2. The molecule has 346 valence electrons. The third kappa shape index (κ3) is 15.2. The fourth-order valence-electron chi connectivity index (χ4n) is 8.18. The highest BCUT2D eigenvalue weighted by molar-refractivity contribution is 7.90. The summed E-state index contributed by atoms with van der Waals surface area (Å²) in [7, 11) is 3.59. The fourth-order valence-corrected chi connectivity index (χ4v) is 8.70. The third-order valence-electron chi connectivity index (χ3n) is 12.1. The number of aromatic nitrogens is 8. The molecule has 18 heteroatoms. The Hall–Kier alpha value is -4.65. The van der Waals surface area contributed by atoms with Gasteiger partial charge >= 0.3 is 0 Å². The standard InChI is InChI=1S/C22H31N5O2.C13H16N4O2S.C9H18N2O2.CH4/c1-27-20(11-15-3-4-15)18(13-24-27)19-9-10-23-21(26-19)12-16-5-7-17(8-6-16)25-22(28)14-29-2;1-17-12(7-9-3-4-9)10(8-15-17)11-5-6-14-13(16-11)20(2,18)19;1-13-6-9(12)11-8-4-2-7(10)3-5-8;/h9-10,13,15-17H,3-8,11-12,14H2,1-2H3,(H,25,28);5-6,8-9H,3-4,7H2,1-2H3;7-8H,2-6,10H2,1H3,(H,11,12);1H4. The Kier molecular flexibility index (Phi) is 18.3. The van der Waals surface area contributed by atoms with Crippen LogP contribution in [0, 0.1) is 17.8 Å². The van der Waals surface area contributed by atoms with E-state index in [0.717, 1.165) is 117 Å². The predicted octanol–water partition coefficient (Wildman–Crippen LogP) is 4.58. The number of carbonyl (C=O) groups excluding carboxylic acids is 2. The maximum absolute atomic E-state index is 11.7. The second kappa shape index (κ2) is 23.3. The van der Waals surface area contributed by atoms with Gasteiger partial charge in [-0.1, -0.05) is 7.43 Å².